The summed E-state index contributed by atoms with van der Waals surface area (Å²) in [6.45, 7) is 0. The number of rotatable bonds is 0. The molecule has 2 aromatic rings. The van der Waals surface area contributed by atoms with Crippen LogP contribution in [0.3, 0.4) is 0 Å². The molecule has 92 valence electrons. The van der Waals surface area contributed by atoms with E-state index in [1.807, 2.05) is 0 Å². The third-order valence-corrected chi connectivity index (χ3v) is 2.29. The smallest absolute Gasteiger partial charge is 0.612 e. The Morgan fingerprint density at radius 3 is 1.79 bits per heavy atom. The first-order valence-corrected chi connectivity index (χ1v) is 4.28. The van der Waals surface area contributed by atoms with Crippen molar-refractivity contribution in [2.24, 2.45) is 0 Å². The Morgan fingerprint density at radius 2 is 1.42 bits per heavy atom. The zero-order valence-electron chi connectivity index (χ0n) is 9.09. The first-order chi connectivity index (χ1) is 8.52. The third kappa shape index (κ3) is 1.74. The van der Waals surface area contributed by atoms with Crippen LogP contribution in [0.2, 0.25) is 0 Å². The number of fused-ring (bicyclic) bond motifs is 2. The molecule has 0 saturated carbocycles. The number of carbonyl (C=O) groups excluding carboxylic acids is 1. The molecule has 13 heteroatoms. The Morgan fingerprint density at radius 1 is 1.00 bits per heavy atom. The van der Waals surface area contributed by atoms with Crippen molar-refractivity contribution in [3.63, 3.8) is 0 Å². The van der Waals surface area contributed by atoms with E-state index in [1.165, 1.54) is 0 Å². The minimum atomic E-state index is -1.11. The Balaban J connectivity index is 0.00000133. The summed E-state index contributed by atoms with van der Waals surface area (Å²) in [4.78, 5) is 10.2. The molecule has 0 bridgehead atoms. The van der Waals surface area contributed by atoms with Crippen molar-refractivity contribution in [1.29, 1.82) is 0 Å². The molecule has 0 unspecified atom stereocenters. The largest absolute Gasteiger partial charge is 1.00 e. The van der Waals surface area contributed by atoms with Crippen molar-refractivity contribution in [3.05, 3.63) is 43.6 Å². The van der Waals surface area contributed by atoms with Crippen LogP contribution in [0.5, 0.6) is 0 Å². The number of aromatic nitrogens is 4. The number of nitrogens with zero attached hydrogens (tertiary/aromatic N) is 5. The first kappa shape index (κ1) is 13.9. The molecule has 3 rings (SSSR count). The predicted octanol–water partition coefficient (Wildman–Crippen LogP) is -5.68. The number of ketones is 1. The van der Waals surface area contributed by atoms with E-state index in [9.17, 15) is 25.6 Å². The van der Waals surface area contributed by atoms with E-state index in [4.69, 9.17) is 0 Å². The standard InChI is InChI=1S/C6N5O7.K/c12-6-4-1(7-17-10(4)15)3(9(13)14)2-5(6)11(16)18-8-2;/q-1;+1. The molecule has 0 spiro atoms. The van der Waals surface area contributed by atoms with Gasteiger partial charge in [-0.3, -0.25) is 14.1 Å². The second-order valence-electron chi connectivity index (χ2n) is 3.19. The van der Waals surface area contributed by atoms with E-state index in [0.29, 0.717) is 0 Å². The molecule has 1 aliphatic rings. The second-order valence-corrected chi connectivity index (χ2v) is 3.19. The fourth-order valence-electron chi connectivity index (χ4n) is 1.59. The molecule has 0 saturated heterocycles. The average Bonchev–Trinajstić information content (AvgIpc) is 2.84. The van der Waals surface area contributed by atoms with E-state index in [-0.39, 0.29) is 61.2 Å². The molecule has 0 fully saturated rings. The van der Waals surface area contributed by atoms with Crippen molar-refractivity contribution >= 4 is 11.5 Å². The van der Waals surface area contributed by atoms with E-state index in [0.717, 1.165) is 0 Å². The molecule has 2 aromatic heterocycles. The van der Waals surface area contributed by atoms with Gasteiger partial charge in [0.05, 0.1) is 10.3 Å². The van der Waals surface area contributed by atoms with Gasteiger partial charge in [0.15, 0.2) is 0 Å². The minimum absolute atomic E-state index is 0. The summed E-state index contributed by atoms with van der Waals surface area (Å²) < 4.78 is 8.21. The fourth-order valence-corrected chi connectivity index (χ4v) is 1.59. The molecule has 0 aromatic carbocycles. The summed E-state index contributed by atoms with van der Waals surface area (Å²) >= 11 is 0. The van der Waals surface area contributed by atoms with Crippen molar-refractivity contribution < 1.29 is 80.1 Å². The monoisotopic (exact) mass is 293 g/mol. The van der Waals surface area contributed by atoms with Crippen LogP contribution in [0.25, 0.3) is 0 Å². The zero-order valence-corrected chi connectivity index (χ0v) is 12.2. The number of hydrogen-bond acceptors (Lipinski definition) is 9. The van der Waals surface area contributed by atoms with Gasteiger partial charge in [-0.25, -0.2) is 0 Å². The van der Waals surface area contributed by atoms with Crippen molar-refractivity contribution in [2.75, 3.05) is 0 Å². The Hall–Kier alpha value is -1.54. The number of carbonyl (C=O) groups is 1. The maximum absolute atomic E-state index is 11.8. The maximum atomic E-state index is 11.8. The molecule has 19 heavy (non-hydrogen) atoms. The molecule has 0 amide bonds. The second kappa shape index (κ2) is 4.53. The van der Waals surface area contributed by atoms with Crippen LogP contribution in [0.4, 0.5) is 0 Å². The molecular weight excluding hydrogens is 293 g/mol. The summed E-state index contributed by atoms with van der Waals surface area (Å²) in [6, 6.07) is 0. The van der Waals surface area contributed by atoms with Crippen LogP contribution < -0.4 is 61.2 Å². The van der Waals surface area contributed by atoms with Gasteiger partial charge in [-0.15, -0.1) is 0 Å². The average molecular weight is 293 g/mol. The molecule has 2 heterocycles. The Kier molecular flexibility index (Phi) is 3.31. The SMILES string of the molecule is O=C1c2c(no[n+]2[O-])C(=[N+]([O-])[O-])c2no[n+]([O-])c21.[K+]. The number of hydrogen-bond donors (Lipinski definition) is 0. The van der Waals surface area contributed by atoms with Gasteiger partial charge in [0, 0.05) is 0 Å². The van der Waals surface area contributed by atoms with Gasteiger partial charge in [0.25, 0.3) is 17.2 Å². The van der Waals surface area contributed by atoms with Gasteiger partial charge in [0.1, 0.15) is 0 Å². The van der Waals surface area contributed by atoms with Gasteiger partial charge in [-0.1, -0.05) is 0 Å². The van der Waals surface area contributed by atoms with Crippen LogP contribution >= 0.6 is 0 Å². The van der Waals surface area contributed by atoms with Gasteiger partial charge in [-0.05, 0) is 9.81 Å². The summed E-state index contributed by atoms with van der Waals surface area (Å²) in [5.74, 6) is -1.11. The summed E-state index contributed by atoms with van der Waals surface area (Å²) in [5.41, 5.74) is -3.52. The predicted molar refractivity (Wildman–Crippen MR) is 44.6 cm³/mol. The first-order valence-electron chi connectivity index (χ1n) is 4.28. The third-order valence-electron chi connectivity index (χ3n) is 2.29. The summed E-state index contributed by atoms with van der Waals surface area (Å²) in [6.07, 6.45) is 0. The molecule has 12 nitrogen and oxygen atoms in total. The van der Waals surface area contributed by atoms with Gasteiger partial charge < -0.3 is 20.8 Å². The minimum Gasteiger partial charge on any atom is -0.612 e. The van der Waals surface area contributed by atoms with Crippen molar-refractivity contribution in [2.45, 2.75) is 0 Å². The normalized spacial score (nSPS) is 12.6. The maximum Gasteiger partial charge on any atom is 1.00 e. The molecular formula is C6KN5O7. The fraction of sp³-hybridized carbons (Fsp3) is 0. The van der Waals surface area contributed by atoms with Crippen molar-refractivity contribution in [3.8, 4) is 0 Å². The van der Waals surface area contributed by atoms with E-state index in [2.05, 4.69) is 19.6 Å². The summed E-state index contributed by atoms with van der Waals surface area (Å²) in [7, 11) is 0. The summed E-state index contributed by atoms with van der Waals surface area (Å²) in [5, 5.41) is 50.3. The molecule has 1 aliphatic carbocycles. The molecule has 0 radical (unpaired) electrons. The van der Waals surface area contributed by atoms with E-state index < -0.39 is 39.2 Å². The Bertz CT molecular complexity index is 661. The van der Waals surface area contributed by atoms with Crippen LogP contribution in [-0.2, 0) is 0 Å². The van der Waals surface area contributed by atoms with Gasteiger partial charge in [0.2, 0.25) is 0 Å². The van der Waals surface area contributed by atoms with E-state index in [1.54, 1.807) is 0 Å². The zero-order chi connectivity index (χ0) is 13.0. The van der Waals surface area contributed by atoms with Gasteiger partial charge in [-0.2, -0.15) is 4.90 Å². The molecule has 0 aliphatic heterocycles. The van der Waals surface area contributed by atoms with Crippen LogP contribution in [0.15, 0.2) is 9.26 Å². The van der Waals surface area contributed by atoms with Crippen LogP contribution in [-0.4, -0.2) is 26.7 Å². The molecule has 0 N–H and O–H groups in total. The quantitative estimate of drug-likeness (QED) is 0.222. The van der Waals surface area contributed by atoms with Crippen molar-refractivity contribution in [1.82, 2.24) is 10.3 Å². The van der Waals surface area contributed by atoms with Crippen LogP contribution in [0.1, 0.15) is 27.6 Å². The van der Waals surface area contributed by atoms with Crippen LogP contribution in [0, 0.1) is 20.8 Å². The topological polar surface area (TPSA) is 172 Å². The molecule has 0 atom stereocenters. The van der Waals surface area contributed by atoms with Gasteiger partial charge >= 0.3 is 68.5 Å². The van der Waals surface area contributed by atoms with E-state index >= 15 is 0 Å². The Labute approximate surface area is 144 Å².